The number of carbonyl (C=O) groups excluding carboxylic acids is 1. The Morgan fingerprint density at radius 2 is 2.16 bits per heavy atom. The summed E-state index contributed by atoms with van der Waals surface area (Å²) in [6, 6.07) is 4.15. The highest BCUT2D eigenvalue weighted by atomic mass is 35.5. The molecule has 0 aromatic heterocycles. The highest BCUT2D eigenvalue weighted by Gasteiger charge is 2.17. The number of carboxylic acids is 1. The van der Waals surface area contributed by atoms with Gasteiger partial charge in [-0.25, -0.2) is 4.79 Å². The average Bonchev–Trinajstić information content (AvgIpc) is 2.37. The lowest BCUT2D eigenvalue weighted by atomic mass is 10.2. The second kappa shape index (κ2) is 6.99. The van der Waals surface area contributed by atoms with E-state index in [2.05, 4.69) is 5.32 Å². The van der Waals surface area contributed by atoms with Crippen LogP contribution in [0.5, 0.6) is 5.75 Å². The SMILES string of the molecule is CCC(NC(=O)COc1ccc(Cl)c(C)c1)C(=O)O. The van der Waals surface area contributed by atoms with Crippen LogP contribution in [0.15, 0.2) is 18.2 Å². The van der Waals surface area contributed by atoms with Crippen molar-refractivity contribution < 1.29 is 19.4 Å². The van der Waals surface area contributed by atoms with Gasteiger partial charge in [-0.3, -0.25) is 4.79 Å². The van der Waals surface area contributed by atoms with Crippen LogP contribution in [0.1, 0.15) is 18.9 Å². The second-order valence-electron chi connectivity index (χ2n) is 4.07. The maximum atomic E-state index is 11.5. The maximum absolute atomic E-state index is 11.5. The first-order valence-corrected chi connectivity index (χ1v) is 6.23. The number of ether oxygens (including phenoxy) is 1. The number of aryl methyl sites for hydroxylation is 1. The van der Waals surface area contributed by atoms with Crippen molar-refractivity contribution in [2.45, 2.75) is 26.3 Å². The molecule has 0 heterocycles. The second-order valence-corrected chi connectivity index (χ2v) is 4.47. The number of carbonyl (C=O) groups is 2. The Kier molecular flexibility index (Phi) is 5.63. The summed E-state index contributed by atoms with van der Waals surface area (Å²) < 4.78 is 5.27. The Balaban J connectivity index is 2.49. The normalized spacial score (nSPS) is 11.7. The Labute approximate surface area is 116 Å². The first-order chi connectivity index (χ1) is 8.93. The third-order valence-corrected chi connectivity index (χ3v) is 2.96. The number of halogens is 1. The molecular formula is C13H16ClNO4. The minimum Gasteiger partial charge on any atom is -0.484 e. The van der Waals surface area contributed by atoms with Gasteiger partial charge in [0.1, 0.15) is 11.8 Å². The lowest BCUT2D eigenvalue weighted by Gasteiger charge is -2.13. The van der Waals surface area contributed by atoms with Crippen LogP contribution in [-0.2, 0) is 9.59 Å². The lowest BCUT2D eigenvalue weighted by Crippen LogP contribution is -2.42. The molecular weight excluding hydrogens is 270 g/mol. The van der Waals surface area contributed by atoms with Crippen molar-refractivity contribution in [1.82, 2.24) is 5.32 Å². The van der Waals surface area contributed by atoms with Crippen LogP contribution < -0.4 is 10.1 Å². The van der Waals surface area contributed by atoms with E-state index in [0.29, 0.717) is 17.2 Å². The minimum atomic E-state index is -1.06. The Bertz CT molecular complexity index is 476. The molecule has 0 saturated carbocycles. The van der Waals surface area contributed by atoms with Crippen LogP contribution in [0.25, 0.3) is 0 Å². The third-order valence-electron chi connectivity index (χ3n) is 2.54. The molecule has 0 aliphatic carbocycles. The summed E-state index contributed by atoms with van der Waals surface area (Å²) in [5.41, 5.74) is 0.844. The van der Waals surface area contributed by atoms with Gasteiger partial charge in [-0.05, 0) is 37.1 Å². The molecule has 0 spiro atoms. The van der Waals surface area contributed by atoms with Gasteiger partial charge in [-0.15, -0.1) is 0 Å². The summed E-state index contributed by atoms with van der Waals surface area (Å²) in [6.07, 6.45) is 0.321. The number of hydrogen-bond acceptors (Lipinski definition) is 3. The van der Waals surface area contributed by atoms with Crippen molar-refractivity contribution in [2.75, 3.05) is 6.61 Å². The molecule has 2 N–H and O–H groups in total. The highest BCUT2D eigenvalue weighted by molar-refractivity contribution is 6.31. The zero-order valence-electron chi connectivity index (χ0n) is 10.8. The van der Waals surface area contributed by atoms with Gasteiger partial charge in [0.15, 0.2) is 6.61 Å². The lowest BCUT2D eigenvalue weighted by molar-refractivity contribution is -0.142. The van der Waals surface area contributed by atoms with E-state index in [1.165, 1.54) is 0 Å². The van der Waals surface area contributed by atoms with E-state index in [1.807, 2.05) is 6.92 Å². The van der Waals surface area contributed by atoms with E-state index < -0.39 is 17.9 Å². The van der Waals surface area contributed by atoms with Crippen molar-refractivity contribution in [3.63, 3.8) is 0 Å². The molecule has 1 atom stereocenters. The van der Waals surface area contributed by atoms with Crippen LogP contribution >= 0.6 is 11.6 Å². The summed E-state index contributed by atoms with van der Waals surface area (Å²) >= 11 is 5.87. The summed E-state index contributed by atoms with van der Waals surface area (Å²) in [6.45, 7) is 3.28. The van der Waals surface area contributed by atoms with Crippen LogP contribution in [0.4, 0.5) is 0 Å². The van der Waals surface area contributed by atoms with E-state index in [1.54, 1.807) is 25.1 Å². The Hall–Kier alpha value is -1.75. The molecule has 1 rings (SSSR count). The molecule has 0 radical (unpaired) electrons. The molecule has 1 aromatic rings. The van der Waals surface area contributed by atoms with Crippen LogP contribution in [0.2, 0.25) is 5.02 Å². The molecule has 0 aliphatic rings. The van der Waals surface area contributed by atoms with E-state index in [-0.39, 0.29) is 6.61 Å². The van der Waals surface area contributed by atoms with Crippen molar-refractivity contribution in [3.05, 3.63) is 28.8 Å². The predicted molar refractivity (Wildman–Crippen MR) is 71.5 cm³/mol. The topological polar surface area (TPSA) is 75.6 Å². The summed E-state index contributed by atoms with van der Waals surface area (Å²) in [5, 5.41) is 11.8. The fourth-order valence-corrected chi connectivity index (χ4v) is 1.55. The quantitative estimate of drug-likeness (QED) is 0.838. The van der Waals surface area contributed by atoms with Crippen LogP contribution in [0.3, 0.4) is 0 Å². The van der Waals surface area contributed by atoms with Gasteiger partial charge in [0.05, 0.1) is 0 Å². The Morgan fingerprint density at radius 3 is 2.68 bits per heavy atom. The van der Waals surface area contributed by atoms with Gasteiger partial charge in [0.25, 0.3) is 5.91 Å². The predicted octanol–water partition coefficient (Wildman–Crippen LogP) is 2.01. The van der Waals surface area contributed by atoms with E-state index in [4.69, 9.17) is 21.4 Å². The maximum Gasteiger partial charge on any atom is 0.326 e. The molecule has 0 fully saturated rings. The van der Waals surface area contributed by atoms with Crippen LogP contribution in [0, 0.1) is 6.92 Å². The van der Waals surface area contributed by atoms with E-state index in [0.717, 1.165) is 5.56 Å². The van der Waals surface area contributed by atoms with Gasteiger partial charge in [-0.1, -0.05) is 18.5 Å². The molecule has 1 aromatic carbocycles. The molecule has 1 unspecified atom stereocenters. The van der Waals surface area contributed by atoms with Crippen molar-refractivity contribution >= 4 is 23.5 Å². The van der Waals surface area contributed by atoms with E-state index in [9.17, 15) is 9.59 Å². The standard InChI is InChI=1S/C13H16ClNO4/c1-3-11(13(17)18)15-12(16)7-19-9-4-5-10(14)8(2)6-9/h4-6,11H,3,7H2,1-2H3,(H,15,16)(H,17,18). The van der Waals surface area contributed by atoms with Gasteiger partial charge in [0.2, 0.25) is 0 Å². The average molecular weight is 286 g/mol. The van der Waals surface area contributed by atoms with Gasteiger partial charge >= 0.3 is 5.97 Å². The number of aliphatic carboxylic acids is 1. The number of nitrogens with one attached hydrogen (secondary N) is 1. The molecule has 0 bridgehead atoms. The molecule has 1 amide bonds. The zero-order chi connectivity index (χ0) is 14.4. The number of rotatable bonds is 6. The smallest absolute Gasteiger partial charge is 0.326 e. The largest absolute Gasteiger partial charge is 0.484 e. The monoisotopic (exact) mass is 285 g/mol. The molecule has 6 heteroatoms. The van der Waals surface area contributed by atoms with Gasteiger partial charge in [0, 0.05) is 5.02 Å². The highest BCUT2D eigenvalue weighted by Crippen LogP contribution is 2.20. The van der Waals surface area contributed by atoms with Crippen molar-refractivity contribution in [3.8, 4) is 5.75 Å². The number of benzene rings is 1. The summed E-state index contributed by atoms with van der Waals surface area (Å²) in [5.74, 6) is -1.01. The molecule has 104 valence electrons. The minimum absolute atomic E-state index is 0.231. The van der Waals surface area contributed by atoms with Gasteiger partial charge in [-0.2, -0.15) is 0 Å². The first-order valence-electron chi connectivity index (χ1n) is 5.85. The summed E-state index contributed by atoms with van der Waals surface area (Å²) in [7, 11) is 0. The van der Waals surface area contributed by atoms with Crippen molar-refractivity contribution in [1.29, 1.82) is 0 Å². The van der Waals surface area contributed by atoms with E-state index >= 15 is 0 Å². The van der Waals surface area contributed by atoms with Gasteiger partial charge < -0.3 is 15.2 Å². The Morgan fingerprint density at radius 1 is 1.47 bits per heavy atom. The van der Waals surface area contributed by atoms with Crippen LogP contribution in [-0.4, -0.2) is 29.6 Å². The number of hydrogen-bond donors (Lipinski definition) is 2. The number of carboxylic acid groups (broad SMARTS) is 1. The molecule has 0 saturated heterocycles. The molecule has 19 heavy (non-hydrogen) atoms. The van der Waals surface area contributed by atoms with Crippen molar-refractivity contribution in [2.24, 2.45) is 0 Å². The summed E-state index contributed by atoms with van der Waals surface area (Å²) in [4.78, 5) is 22.3. The third kappa shape index (κ3) is 4.79. The first kappa shape index (κ1) is 15.3. The fraction of sp³-hybridized carbons (Fsp3) is 0.385. The molecule has 0 aliphatic heterocycles. The molecule has 5 nitrogen and oxygen atoms in total. The number of amides is 1. The fourth-order valence-electron chi connectivity index (χ4n) is 1.43. The zero-order valence-corrected chi connectivity index (χ0v) is 11.5.